The third kappa shape index (κ3) is 4.52. The van der Waals surface area contributed by atoms with Gasteiger partial charge in [0.15, 0.2) is 5.56 Å². The van der Waals surface area contributed by atoms with Gasteiger partial charge < -0.3 is 20.1 Å². The minimum Gasteiger partial charge on any atom is -0.494 e. The fourth-order valence-corrected chi connectivity index (χ4v) is 3.59. The molecule has 1 aliphatic carbocycles. The summed E-state index contributed by atoms with van der Waals surface area (Å²) in [6, 6.07) is -0.0367. The third-order valence-electron chi connectivity index (χ3n) is 5.31. The Bertz CT molecular complexity index is 1140. The molecule has 1 saturated heterocycles. The van der Waals surface area contributed by atoms with E-state index in [2.05, 4.69) is 10.4 Å². The molecule has 2 fully saturated rings. The lowest BCUT2D eigenvalue weighted by atomic mass is 10.1. The monoisotopic (exact) mass is 447 g/mol. The number of carbonyl (C=O) groups is 2. The molecule has 0 radical (unpaired) electrons. The van der Waals surface area contributed by atoms with Crippen LogP contribution in [0.4, 0.5) is 4.39 Å². The van der Waals surface area contributed by atoms with Crippen molar-refractivity contribution < 1.29 is 23.8 Å². The van der Waals surface area contributed by atoms with Crippen LogP contribution in [-0.2, 0) is 16.1 Å². The molecule has 0 unspecified atom stereocenters. The first-order valence-electron chi connectivity index (χ1n) is 10.5. The number of nitrogens with one attached hydrogen (secondary N) is 1. The zero-order valence-corrected chi connectivity index (χ0v) is 18.0. The first-order valence-corrected chi connectivity index (χ1v) is 10.5. The maximum Gasteiger partial charge on any atom is 0.291 e. The number of fused-ring (bicyclic) bond motifs is 1. The molecule has 0 spiro atoms. The van der Waals surface area contributed by atoms with Crippen molar-refractivity contribution in [2.45, 2.75) is 44.9 Å². The van der Waals surface area contributed by atoms with Gasteiger partial charge in [-0.1, -0.05) is 0 Å². The molecule has 2 N–H and O–H groups in total. The second kappa shape index (κ2) is 8.38. The Kier molecular flexibility index (Phi) is 5.76. The van der Waals surface area contributed by atoms with E-state index in [1.54, 1.807) is 4.90 Å². The van der Waals surface area contributed by atoms with E-state index in [0.29, 0.717) is 31.9 Å². The SMILES string of the molecule is CC(C)(F)Cn1c(O)c(C(=O)NC2CC2)c(=O)n2ncc(/C=C/C(=O)N3CCOCC3)c12. The maximum atomic E-state index is 14.6. The number of nitrogens with zero attached hydrogens (tertiary/aromatic N) is 4. The summed E-state index contributed by atoms with van der Waals surface area (Å²) in [5.41, 5.74) is -2.66. The van der Waals surface area contributed by atoms with Crippen molar-refractivity contribution in [3.05, 3.63) is 33.8 Å². The smallest absolute Gasteiger partial charge is 0.291 e. The van der Waals surface area contributed by atoms with Crippen LogP contribution in [0.2, 0.25) is 0 Å². The second-order valence-corrected chi connectivity index (χ2v) is 8.66. The highest BCUT2D eigenvalue weighted by molar-refractivity contribution is 5.97. The Morgan fingerprint density at radius 2 is 2.03 bits per heavy atom. The number of halogens is 1. The van der Waals surface area contributed by atoms with Gasteiger partial charge in [-0.3, -0.25) is 19.0 Å². The first-order chi connectivity index (χ1) is 15.2. The van der Waals surface area contributed by atoms with Gasteiger partial charge >= 0.3 is 0 Å². The third-order valence-corrected chi connectivity index (χ3v) is 5.31. The lowest BCUT2D eigenvalue weighted by Gasteiger charge is -2.25. The van der Waals surface area contributed by atoms with E-state index >= 15 is 0 Å². The summed E-state index contributed by atoms with van der Waals surface area (Å²) in [6.45, 7) is 4.16. The molecular formula is C21H26FN5O5. The van der Waals surface area contributed by atoms with Gasteiger partial charge in [0.25, 0.3) is 11.5 Å². The Morgan fingerprint density at radius 3 is 2.66 bits per heavy atom. The summed E-state index contributed by atoms with van der Waals surface area (Å²) in [7, 11) is 0. The number of morpholine rings is 1. The van der Waals surface area contributed by atoms with E-state index < -0.39 is 28.6 Å². The van der Waals surface area contributed by atoms with Crippen LogP contribution < -0.4 is 10.9 Å². The van der Waals surface area contributed by atoms with Gasteiger partial charge in [0.1, 0.15) is 11.3 Å². The van der Waals surface area contributed by atoms with Gasteiger partial charge in [-0.2, -0.15) is 9.61 Å². The first kappa shape index (κ1) is 22.0. The number of carbonyl (C=O) groups excluding carboxylic acids is 2. The molecule has 172 valence electrons. The fraction of sp³-hybridized carbons (Fsp3) is 0.524. The van der Waals surface area contributed by atoms with Crippen molar-refractivity contribution in [2.24, 2.45) is 0 Å². The molecule has 1 aliphatic heterocycles. The summed E-state index contributed by atoms with van der Waals surface area (Å²) in [6.07, 6.45) is 5.74. The van der Waals surface area contributed by atoms with Crippen LogP contribution in [0.3, 0.4) is 0 Å². The average Bonchev–Trinajstić information content (AvgIpc) is 3.44. The predicted octanol–water partition coefficient (Wildman–Crippen LogP) is 0.714. The fourth-order valence-electron chi connectivity index (χ4n) is 3.59. The Morgan fingerprint density at radius 1 is 1.34 bits per heavy atom. The second-order valence-electron chi connectivity index (χ2n) is 8.66. The number of alkyl halides is 1. The molecule has 0 atom stereocenters. The van der Waals surface area contributed by atoms with E-state index in [1.807, 2.05) is 0 Å². The predicted molar refractivity (Wildman–Crippen MR) is 113 cm³/mol. The number of hydrogen-bond donors (Lipinski definition) is 2. The molecule has 11 heteroatoms. The maximum absolute atomic E-state index is 14.6. The number of aromatic hydroxyl groups is 1. The highest BCUT2D eigenvalue weighted by Crippen LogP contribution is 2.26. The molecule has 32 heavy (non-hydrogen) atoms. The highest BCUT2D eigenvalue weighted by atomic mass is 19.1. The molecule has 0 aromatic carbocycles. The number of rotatable bonds is 6. The van der Waals surface area contributed by atoms with E-state index in [9.17, 15) is 23.9 Å². The normalized spacial score (nSPS) is 17.3. The van der Waals surface area contributed by atoms with Gasteiger partial charge in [0, 0.05) is 30.8 Å². The van der Waals surface area contributed by atoms with Crippen molar-refractivity contribution in [3.8, 4) is 5.88 Å². The topological polar surface area (TPSA) is 118 Å². The number of aromatic nitrogens is 3. The molecule has 4 rings (SSSR count). The van der Waals surface area contributed by atoms with Crippen molar-refractivity contribution in [2.75, 3.05) is 26.3 Å². The zero-order valence-electron chi connectivity index (χ0n) is 18.0. The number of ether oxygens (including phenoxy) is 1. The molecular weight excluding hydrogens is 421 g/mol. The minimum absolute atomic E-state index is 0.0367. The Balaban J connectivity index is 1.78. The highest BCUT2D eigenvalue weighted by Gasteiger charge is 2.31. The molecule has 2 aliphatic rings. The average molecular weight is 447 g/mol. The Hall–Kier alpha value is -3.21. The summed E-state index contributed by atoms with van der Waals surface area (Å²) in [5.74, 6) is -1.60. The van der Waals surface area contributed by atoms with Crippen molar-refractivity contribution >= 4 is 23.5 Å². The molecule has 2 amide bonds. The number of amides is 2. The number of hydrogen-bond acceptors (Lipinski definition) is 6. The summed E-state index contributed by atoms with van der Waals surface area (Å²) < 4.78 is 21.9. The quantitative estimate of drug-likeness (QED) is 0.630. The Labute approximate surface area is 183 Å². The van der Waals surface area contributed by atoms with E-state index in [4.69, 9.17) is 4.74 Å². The van der Waals surface area contributed by atoms with Gasteiger partial charge in [-0.15, -0.1) is 0 Å². The standard InChI is InChI=1S/C21H26FN5O5/c1-21(2,22)12-26-18-13(3-6-15(28)25-7-9-32-10-8-25)11-23-27(18)20(31)16(19(26)30)17(29)24-14-4-5-14/h3,6,11,14,30H,4-5,7-10,12H2,1-2H3,(H,24,29)/b6-3+. The van der Waals surface area contributed by atoms with Crippen LogP contribution in [-0.4, -0.2) is 74.0 Å². The molecule has 2 aromatic rings. The van der Waals surface area contributed by atoms with Crippen molar-refractivity contribution in [1.82, 2.24) is 24.4 Å². The van der Waals surface area contributed by atoms with E-state index in [1.165, 1.54) is 32.2 Å². The zero-order chi connectivity index (χ0) is 23.0. The minimum atomic E-state index is -1.77. The molecule has 1 saturated carbocycles. The van der Waals surface area contributed by atoms with Crippen LogP contribution in [0.25, 0.3) is 11.7 Å². The largest absolute Gasteiger partial charge is 0.494 e. The lowest BCUT2D eigenvalue weighted by Crippen LogP contribution is -2.39. The molecule has 10 nitrogen and oxygen atoms in total. The molecule has 0 bridgehead atoms. The van der Waals surface area contributed by atoms with Gasteiger partial charge in [0.2, 0.25) is 11.8 Å². The van der Waals surface area contributed by atoms with Crippen LogP contribution in [0, 0.1) is 0 Å². The lowest BCUT2D eigenvalue weighted by molar-refractivity contribution is -0.129. The van der Waals surface area contributed by atoms with Crippen LogP contribution in [0.5, 0.6) is 5.88 Å². The van der Waals surface area contributed by atoms with Crippen LogP contribution in [0.1, 0.15) is 42.6 Å². The van der Waals surface area contributed by atoms with Gasteiger partial charge in [0.05, 0.1) is 26.0 Å². The summed E-state index contributed by atoms with van der Waals surface area (Å²) >= 11 is 0. The summed E-state index contributed by atoms with van der Waals surface area (Å²) in [5, 5.41) is 17.6. The van der Waals surface area contributed by atoms with Crippen LogP contribution >= 0.6 is 0 Å². The van der Waals surface area contributed by atoms with Crippen molar-refractivity contribution in [3.63, 3.8) is 0 Å². The van der Waals surface area contributed by atoms with Gasteiger partial charge in [-0.25, -0.2) is 4.39 Å². The van der Waals surface area contributed by atoms with Crippen LogP contribution in [0.15, 0.2) is 17.1 Å². The molecule has 2 aromatic heterocycles. The summed E-state index contributed by atoms with van der Waals surface area (Å²) in [4.78, 5) is 39.7. The van der Waals surface area contributed by atoms with E-state index in [-0.39, 0.29) is 24.1 Å². The van der Waals surface area contributed by atoms with E-state index in [0.717, 1.165) is 21.9 Å². The molecule has 3 heterocycles. The van der Waals surface area contributed by atoms with Gasteiger partial charge in [-0.05, 0) is 32.8 Å². The van der Waals surface area contributed by atoms with Crippen molar-refractivity contribution in [1.29, 1.82) is 0 Å².